The SMILES string of the molecule is Cc1cc(Br)c(NC(=O)C(C)(C)C(C)(C)N)cc1[N+](=O)[O-]. The molecule has 1 rings (SSSR count). The average molecular weight is 358 g/mol. The van der Waals surface area contributed by atoms with Gasteiger partial charge in [0.25, 0.3) is 5.69 Å². The number of benzene rings is 1. The molecule has 116 valence electrons. The first-order valence-corrected chi connectivity index (χ1v) is 7.22. The summed E-state index contributed by atoms with van der Waals surface area (Å²) in [6, 6.07) is 2.95. The van der Waals surface area contributed by atoms with Crippen molar-refractivity contribution in [2.45, 2.75) is 40.2 Å². The van der Waals surface area contributed by atoms with Crippen molar-refractivity contribution in [3.8, 4) is 0 Å². The van der Waals surface area contributed by atoms with Gasteiger partial charge in [0.05, 0.1) is 16.0 Å². The van der Waals surface area contributed by atoms with Gasteiger partial charge >= 0.3 is 0 Å². The van der Waals surface area contributed by atoms with Crippen molar-refractivity contribution < 1.29 is 9.72 Å². The minimum absolute atomic E-state index is 0.0432. The van der Waals surface area contributed by atoms with Crippen LogP contribution >= 0.6 is 15.9 Å². The molecule has 0 fully saturated rings. The van der Waals surface area contributed by atoms with Crippen LogP contribution in [0.5, 0.6) is 0 Å². The van der Waals surface area contributed by atoms with Crippen LogP contribution in [0.3, 0.4) is 0 Å². The van der Waals surface area contributed by atoms with E-state index in [2.05, 4.69) is 21.2 Å². The monoisotopic (exact) mass is 357 g/mol. The number of aryl methyl sites for hydroxylation is 1. The first kappa shape index (κ1) is 17.6. The molecule has 0 aliphatic carbocycles. The van der Waals surface area contributed by atoms with Crippen molar-refractivity contribution in [1.29, 1.82) is 0 Å². The van der Waals surface area contributed by atoms with Crippen molar-refractivity contribution >= 4 is 33.2 Å². The van der Waals surface area contributed by atoms with Gasteiger partial charge in [-0.05, 0) is 56.6 Å². The molecular formula is C14H20BrN3O3. The topological polar surface area (TPSA) is 98.3 Å². The van der Waals surface area contributed by atoms with Crippen molar-refractivity contribution in [3.05, 3.63) is 32.3 Å². The predicted molar refractivity (Wildman–Crippen MR) is 86.2 cm³/mol. The molecular weight excluding hydrogens is 338 g/mol. The highest BCUT2D eigenvalue weighted by atomic mass is 79.9. The number of anilines is 1. The van der Waals surface area contributed by atoms with Gasteiger partial charge in [-0.25, -0.2) is 0 Å². The van der Waals surface area contributed by atoms with Crippen LogP contribution in [-0.2, 0) is 4.79 Å². The van der Waals surface area contributed by atoms with E-state index < -0.39 is 15.9 Å². The van der Waals surface area contributed by atoms with Gasteiger partial charge in [-0.1, -0.05) is 0 Å². The average Bonchev–Trinajstić information content (AvgIpc) is 2.30. The number of halogens is 1. The fourth-order valence-corrected chi connectivity index (χ4v) is 2.08. The molecule has 3 N–H and O–H groups in total. The second-order valence-corrected chi connectivity index (χ2v) is 7.03. The Morgan fingerprint density at radius 2 is 1.86 bits per heavy atom. The van der Waals surface area contributed by atoms with Crippen LogP contribution in [0.2, 0.25) is 0 Å². The number of hydrogen-bond donors (Lipinski definition) is 2. The van der Waals surface area contributed by atoms with Gasteiger partial charge in [0.2, 0.25) is 5.91 Å². The third kappa shape index (κ3) is 3.59. The number of nitrogens with two attached hydrogens (primary N) is 1. The predicted octanol–water partition coefficient (Wildman–Crippen LogP) is 3.37. The first-order chi connectivity index (χ1) is 9.37. The second-order valence-electron chi connectivity index (χ2n) is 6.18. The van der Waals surface area contributed by atoms with Crippen molar-refractivity contribution in [2.24, 2.45) is 11.1 Å². The molecule has 1 amide bonds. The minimum Gasteiger partial charge on any atom is -0.325 e. The summed E-state index contributed by atoms with van der Waals surface area (Å²) < 4.78 is 0.588. The fraction of sp³-hybridized carbons (Fsp3) is 0.500. The minimum atomic E-state index is -0.841. The van der Waals surface area contributed by atoms with E-state index in [1.54, 1.807) is 40.7 Å². The molecule has 0 spiro atoms. The van der Waals surface area contributed by atoms with E-state index in [9.17, 15) is 14.9 Å². The standard InChI is InChI=1S/C14H20BrN3O3/c1-8-6-9(15)10(7-11(8)18(20)21)17-12(19)13(2,3)14(4,5)16/h6-7H,16H2,1-5H3,(H,17,19). The number of rotatable bonds is 4. The van der Waals surface area contributed by atoms with Gasteiger partial charge in [0.15, 0.2) is 0 Å². The van der Waals surface area contributed by atoms with Crippen LogP contribution in [0.15, 0.2) is 16.6 Å². The Bertz CT molecular complexity index is 592. The lowest BCUT2D eigenvalue weighted by Crippen LogP contribution is -2.53. The molecule has 21 heavy (non-hydrogen) atoms. The highest BCUT2D eigenvalue weighted by molar-refractivity contribution is 9.10. The summed E-state index contributed by atoms with van der Waals surface area (Å²) in [4.78, 5) is 22.9. The molecule has 0 saturated carbocycles. The molecule has 6 nitrogen and oxygen atoms in total. The zero-order chi connectivity index (χ0) is 16.6. The number of nitro benzene ring substituents is 1. The second kappa shape index (κ2) is 5.73. The number of nitrogens with one attached hydrogen (secondary N) is 1. The maximum Gasteiger partial charge on any atom is 0.274 e. The molecule has 0 atom stereocenters. The Labute approximate surface area is 132 Å². The fourth-order valence-electron chi connectivity index (χ4n) is 1.52. The van der Waals surface area contributed by atoms with Crippen LogP contribution in [0.1, 0.15) is 33.3 Å². The molecule has 0 aromatic heterocycles. The van der Waals surface area contributed by atoms with Gasteiger partial charge in [0.1, 0.15) is 0 Å². The van der Waals surface area contributed by atoms with Gasteiger partial charge in [-0.15, -0.1) is 0 Å². The Morgan fingerprint density at radius 3 is 2.29 bits per heavy atom. The van der Waals surface area contributed by atoms with Gasteiger partial charge in [-0.3, -0.25) is 14.9 Å². The molecule has 0 aliphatic heterocycles. The van der Waals surface area contributed by atoms with E-state index in [1.165, 1.54) is 6.07 Å². The number of nitro groups is 1. The Morgan fingerprint density at radius 1 is 1.33 bits per heavy atom. The van der Waals surface area contributed by atoms with Crippen molar-refractivity contribution in [1.82, 2.24) is 0 Å². The Balaban J connectivity index is 3.17. The maximum atomic E-state index is 12.4. The summed E-state index contributed by atoms with van der Waals surface area (Å²) >= 11 is 3.31. The number of carbonyl (C=O) groups excluding carboxylic acids is 1. The molecule has 0 saturated heterocycles. The smallest absolute Gasteiger partial charge is 0.274 e. The quantitative estimate of drug-likeness (QED) is 0.637. The largest absolute Gasteiger partial charge is 0.325 e. The van der Waals surface area contributed by atoms with Crippen molar-refractivity contribution in [3.63, 3.8) is 0 Å². The molecule has 0 aliphatic rings. The van der Waals surface area contributed by atoms with E-state index in [0.29, 0.717) is 15.7 Å². The summed E-state index contributed by atoms with van der Waals surface area (Å²) in [7, 11) is 0. The highest BCUT2D eigenvalue weighted by Gasteiger charge is 2.40. The van der Waals surface area contributed by atoms with Crippen molar-refractivity contribution in [2.75, 3.05) is 5.32 Å². The lowest BCUT2D eigenvalue weighted by Gasteiger charge is -2.36. The van der Waals surface area contributed by atoms with Gasteiger partial charge in [-0.2, -0.15) is 0 Å². The molecule has 0 radical (unpaired) electrons. The summed E-state index contributed by atoms with van der Waals surface area (Å²) in [6.07, 6.45) is 0. The van der Waals surface area contributed by atoms with E-state index >= 15 is 0 Å². The normalized spacial score (nSPS) is 12.1. The number of carbonyl (C=O) groups is 1. The third-order valence-electron chi connectivity index (χ3n) is 3.91. The Hall–Kier alpha value is -1.47. The number of hydrogen-bond acceptors (Lipinski definition) is 4. The number of amides is 1. The lowest BCUT2D eigenvalue weighted by molar-refractivity contribution is -0.385. The van der Waals surface area contributed by atoms with Crippen LogP contribution in [0.4, 0.5) is 11.4 Å². The maximum absolute atomic E-state index is 12.4. The molecule has 0 heterocycles. The molecule has 1 aromatic carbocycles. The van der Waals surface area contributed by atoms with Gasteiger partial charge < -0.3 is 11.1 Å². The van der Waals surface area contributed by atoms with Crippen LogP contribution in [0, 0.1) is 22.5 Å². The summed E-state index contributed by atoms with van der Waals surface area (Å²) in [5.41, 5.74) is 5.28. The van der Waals surface area contributed by atoms with Crippen LogP contribution in [0.25, 0.3) is 0 Å². The lowest BCUT2D eigenvalue weighted by atomic mass is 9.74. The summed E-state index contributed by atoms with van der Waals surface area (Å²) in [5, 5.41) is 13.7. The van der Waals surface area contributed by atoms with E-state index in [4.69, 9.17) is 5.73 Å². The zero-order valence-corrected chi connectivity index (χ0v) is 14.4. The molecule has 7 heteroatoms. The summed E-state index contributed by atoms with van der Waals surface area (Å²) in [6.45, 7) is 8.64. The van der Waals surface area contributed by atoms with E-state index in [0.717, 1.165) is 0 Å². The Kier molecular flexibility index (Phi) is 4.80. The first-order valence-electron chi connectivity index (χ1n) is 6.43. The number of nitrogens with zero attached hydrogens (tertiary/aromatic N) is 1. The van der Waals surface area contributed by atoms with Gasteiger partial charge in [0, 0.05) is 21.6 Å². The van der Waals surface area contributed by atoms with Crippen LogP contribution < -0.4 is 11.1 Å². The zero-order valence-electron chi connectivity index (χ0n) is 12.8. The highest BCUT2D eigenvalue weighted by Crippen LogP contribution is 2.34. The molecule has 1 aromatic rings. The van der Waals surface area contributed by atoms with E-state index in [1.807, 2.05) is 0 Å². The van der Waals surface area contributed by atoms with E-state index in [-0.39, 0.29) is 11.6 Å². The molecule has 0 bridgehead atoms. The van der Waals surface area contributed by atoms with Crippen LogP contribution in [-0.4, -0.2) is 16.4 Å². The third-order valence-corrected chi connectivity index (χ3v) is 4.57. The summed E-state index contributed by atoms with van der Waals surface area (Å²) in [5.74, 6) is -0.297. The molecule has 0 unspecified atom stereocenters.